The van der Waals surface area contributed by atoms with Crippen LogP contribution in [0.4, 0.5) is 4.79 Å². The maximum atomic E-state index is 14.4. The standard InChI is InChI=1S/C35H57N5O7S/c1-20(2)48(46,47)19-35(15-9-8-10-16-35)39-32(45)38-28(33(3,4)5)31(44)40-18-23-25(34(23,6)7)26(40)29(42)37-24(17-21-11-12-21)27(41)30(43)36-22-13-14-22/h20-26,28H,8-19H2,1-7H3,(H,36,43)(H,37,42)(H2,38,39,45)/t23-,24?,25-,26-,28+/m0/s1. The number of nitrogens with one attached hydrogen (secondary N) is 4. The van der Waals surface area contributed by atoms with Crippen molar-refractivity contribution < 1.29 is 32.4 Å². The molecule has 4 aliphatic carbocycles. The maximum Gasteiger partial charge on any atom is 0.315 e. The highest BCUT2D eigenvalue weighted by molar-refractivity contribution is 7.92. The molecule has 1 aliphatic heterocycles. The van der Waals surface area contributed by atoms with E-state index in [-0.39, 0.29) is 35.0 Å². The Morgan fingerprint density at radius 2 is 1.54 bits per heavy atom. The lowest BCUT2D eigenvalue weighted by atomic mass is 9.83. The summed E-state index contributed by atoms with van der Waals surface area (Å²) in [5.41, 5.74) is -1.85. The molecule has 12 nitrogen and oxygen atoms in total. The zero-order valence-electron chi connectivity index (χ0n) is 29.8. The number of urea groups is 1. The summed E-state index contributed by atoms with van der Waals surface area (Å²) in [6, 6.07) is -3.41. The second kappa shape index (κ2) is 13.2. The van der Waals surface area contributed by atoms with E-state index >= 15 is 0 Å². The summed E-state index contributed by atoms with van der Waals surface area (Å²) in [7, 11) is -3.46. The largest absolute Gasteiger partial charge is 0.347 e. The monoisotopic (exact) mass is 691 g/mol. The van der Waals surface area contributed by atoms with E-state index in [9.17, 15) is 32.4 Å². The van der Waals surface area contributed by atoms with Crippen LogP contribution in [0.25, 0.3) is 0 Å². The predicted molar refractivity (Wildman–Crippen MR) is 181 cm³/mol. The number of hydrogen-bond donors (Lipinski definition) is 4. The molecule has 5 aliphatic rings. The highest BCUT2D eigenvalue weighted by atomic mass is 32.2. The fourth-order valence-corrected chi connectivity index (χ4v) is 9.40. The molecule has 5 atom stereocenters. The van der Waals surface area contributed by atoms with Crippen molar-refractivity contribution in [2.45, 2.75) is 148 Å². The number of carbonyl (C=O) groups is 5. The minimum Gasteiger partial charge on any atom is -0.347 e. The number of sulfone groups is 1. The van der Waals surface area contributed by atoms with Crippen LogP contribution in [0.15, 0.2) is 0 Å². The zero-order chi connectivity index (χ0) is 35.4. The third-order valence-corrected chi connectivity index (χ3v) is 14.0. The smallest absolute Gasteiger partial charge is 0.315 e. The van der Waals surface area contributed by atoms with Gasteiger partial charge in [-0.25, -0.2) is 13.2 Å². The molecule has 13 heteroatoms. The van der Waals surface area contributed by atoms with Crippen LogP contribution in [0, 0.1) is 28.6 Å². The minimum absolute atomic E-state index is 0.0151. The van der Waals surface area contributed by atoms with Gasteiger partial charge in [0.25, 0.3) is 5.91 Å². The van der Waals surface area contributed by atoms with Crippen LogP contribution in [-0.4, -0.2) is 90.1 Å². The molecular weight excluding hydrogens is 634 g/mol. The van der Waals surface area contributed by atoms with Crippen LogP contribution in [0.3, 0.4) is 0 Å². The van der Waals surface area contributed by atoms with Gasteiger partial charge in [0.2, 0.25) is 17.6 Å². The van der Waals surface area contributed by atoms with E-state index in [1.54, 1.807) is 18.7 Å². The first-order valence-electron chi connectivity index (χ1n) is 18.0. The minimum atomic E-state index is -3.46. The first kappa shape index (κ1) is 36.6. The second-order valence-corrected chi connectivity index (χ2v) is 19.9. The molecule has 0 bridgehead atoms. The summed E-state index contributed by atoms with van der Waals surface area (Å²) < 4.78 is 26.0. The van der Waals surface area contributed by atoms with Gasteiger partial charge in [-0.1, -0.05) is 66.7 Å². The first-order chi connectivity index (χ1) is 22.3. The highest BCUT2D eigenvalue weighted by Crippen LogP contribution is 2.65. The molecule has 1 saturated heterocycles. The Morgan fingerprint density at radius 3 is 2.08 bits per heavy atom. The van der Waals surface area contributed by atoms with Gasteiger partial charge in [0.15, 0.2) is 9.84 Å². The molecule has 4 saturated carbocycles. The number of likely N-dealkylation sites (tertiary alicyclic amines) is 1. The lowest BCUT2D eigenvalue weighted by Crippen LogP contribution is -2.64. The fourth-order valence-electron chi connectivity index (χ4n) is 7.94. The second-order valence-electron chi connectivity index (χ2n) is 17.3. The van der Waals surface area contributed by atoms with E-state index in [2.05, 4.69) is 35.1 Å². The summed E-state index contributed by atoms with van der Waals surface area (Å²) >= 11 is 0. The van der Waals surface area contributed by atoms with Crippen molar-refractivity contribution >= 4 is 39.4 Å². The van der Waals surface area contributed by atoms with E-state index in [0.29, 0.717) is 25.8 Å². The third kappa shape index (κ3) is 8.02. The topological polar surface area (TPSA) is 171 Å². The molecule has 1 unspecified atom stereocenters. The molecule has 4 N–H and O–H groups in total. The SMILES string of the molecule is CC(C)S(=O)(=O)CC1(NC(=O)N[C@H](C(=O)N2C[C@H]3[C@@H]([C@H]2C(=O)NC(CC2CC2)C(=O)C(=O)NC2CC2)C3(C)C)C(C)(C)C)CCCCC1. The molecule has 0 aromatic heterocycles. The van der Waals surface area contributed by atoms with Crippen LogP contribution >= 0.6 is 0 Å². The number of rotatable bonds is 13. The van der Waals surface area contributed by atoms with Crippen molar-refractivity contribution in [1.29, 1.82) is 0 Å². The fraction of sp³-hybridized carbons (Fsp3) is 0.857. The van der Waals surface area contributed by atoms with Gasteiger partial charge >= 0.3 is 6.03 Å². The summed E-state index contributed by atoms with van der Waals surface area (Å²) in [4.78, 5) is 69.7. The molecule has 5 amide bonds. The van der Waals surface area contributed by atoms with Gasteiger partial charge < -0.3 is 26.2 Å². The van der Waals surface area contributed by atoms with E-state index in [0.717, 1.165) is 44.9 Å². The molecule has 0 spiro atoms. The van der Waals surface area contributed by atoms with Crippen molar-refractivity contribution in [3.05, 3.63) is 0 Å². The third-order valence-electron chi connectivity index (χ3n) is 11.6. The van der Waals surface area contributed by atoms with E-state index in [4.69, 9.17) is 0 Å². The maximum absolute atomic E-state index is 14.4. The average molecular weight is 692 g/mol. The van der Waals surface area contributed by atoms with Crippen LogP contribution in [0.2, 0.25) is 0 Å². The summed E-state index contributed by atoms with van der Waals surface area (Å²) in [6.07, 6.45) is 7.59. The molecule has 48 heavy (non-hydrogen) atoms. The van der Waals surface area contributed by atoms with Crippen LogP contribution in [0.5, 0.6) is 0 Å². The normalized spacial score (nSPS) is 27.3. The summed E-state index contributed by atoms with van der Waals surface area (Å²) in [5.74, 6) is -2.10. The molecule has 5 fully saturated rings. The number of ketones is 1. The van der Waals surface area contributed by atoms with E-state index in [1.165, 1.54) is 0 Å². The van der Waals surface area contributed by atoms with Crippen LogP contribution in [-0.2, 0) is 29.0 Å². The van der Waals surface area contributed by atoms with Gasteiger partial charge in [-0.2, -0.15) is 0 Å². The number of carbonyl (C=O) groups excluding carboxylic acids is 5. The summed E-state index contributed by atoms with van der Waals surface area (Å²) in [5, 5.41) is 10.9. The van der Waals surface area contributed by atoms with E-state index < -0.39 is 73.7 Å². The van der Waals surface area contributed by atoms with E-state index in [1.807, 2.05) is 20.8 Å². The van der Waals surface area contributed by atoms with Crippen molar-refractivity contribution in [1.82, 2.24) is 26.2 Å². The molecule has 1 heterocycles. The van der Waals surface area contributed by atoms with Gasteiger partial charge in [0, 0.05) is 12.6 Å². The molecular formula is C35H57N5O7S. The average Bonchev–Trinajstić information content (AvgIpc) is 3.94. The quantitative estimate of drug-likeness (QED) is 0.215. The number of fused-ring (bicyclic) bond motifs is 1. The molecule has 0 radical (unpaired) electrons. The Balaban J connectivity index is 1.33. The zero-order valence-corrected chi connectivity index (χ0v) is 30.6. The molecule has 5 rings (SSSR count). The van der Waals surface area contributed by atoms with Crippen molar-refractivity contribution in [3.8, 4) is 0 Å². The molecule has 0 aromatic carbocycles. The van der Waals surface area contributed by atoms with Crippen molar-refractivity contribution in [2.24, 2.45) is 28.6 Å². The predicted octanol–water partition coefficient (Wildman–Crippen LogP) is 2.84. The van der Waals surface area contributed by atoms with Crippen molar-refractivity contribution in [3.63, 3.8) is 0 Å². The Morgan fingerprint density at radius 1 is 0.917 bits per heavy atom. The Hall–Kier alpha value is -2.70. The lowest BCUT2D eigenvalue weighted by molar-refractivity contribution is -0.145. The molecule has 270 valence electrons. The number of piperidine rings is 1. The van der Waals surface area contributed by atoms with Crippen molar-refractivity contribution in [2.75, 3.05) is 12.3 Å². The first-order valence-corrected chi connectivity index (χ1v) is 19.7. The van der Waals surface area contributed by atoms with Gasteiger partial charge in [-0.3, -0.25) is 19.2 Å². The lowest BCUT2D eigenvalue weighted by Gasteiger charge is -2.41. The highest BCUT2D eigenvalue weighted by Gasteiger charge is 2.70. The Kier molecular flexibility index (Phi) is 10.1. The van der Waals surface area contributed by atoms with Crippen LogP contribution in [0.1, 0.15) is 113 Å². The number of amides is 5. The van der Waals surface area contributed by atoms with Gasteiger partial charge in [0.05, 0.1) is 22.6 Å². The summed E-state index contributed by atoms with van der Waals surface area (Å²) in [6.45, 7) is 13.3. The molecule has 0 aromatic rings. The van der Waals surface area contributed by atoms with Crippen LogP contribution < -0.4 is 21.3 Å². The Bertz CT molecular complexity index is 1410. The number of Topliss-reactive ketones (excluding diaryl/α,β-unsaturated/α-hetero) is 1. The number of nitrogens with zero attached hydrogens (tertiary/aromatic N) is 1. The van der Waals surface area contributed by atoms with Gasteiger partial charge in [0.1, 0.15) is 12.1 Å². The Labute approximate surface area is 286 Å². The number of hydrogen-bond acceptors (Lipinski definition) is 7. The van der Waals surface area contributed by atoms with Gasteiger partial charge in [-0.15, -0.1) is 0 Å². The van der Waals surface area contributed by atoms with Gasteiger partial charge in [-0.05, 0) is 74.5 Å².